The number of anilines is 1. The maximum atomic E-state index is 14.0. The number of fused-ring (bicyclic) bond motifs is 1. The average Bonchev–Trinajstić information content (AvgIpc) is 3.06. The third-order valence-corrected chi connectivity index (χ3v) is 4.16. The Labute approximate surface area is 100 Å². The van der Waals surface area contributed by atoms with Gasteiger partial charge in [-0.05, 0) is 52.9 Å². The number of nitrogens with zero attached hydrogens (tertiary/aromatic N) is 1. The molecule has 1 heterocycles. The summed E-state index contributed by atoms with van der Waals surface area (Å²) in [7, 11) is 0. The summed E-state index contributed by atoms with van der Waals surface area (Å²) in [6.45, 7) is 0.732. The highest BCUT2D eigenvalue weighted by atomic mass is 79.9. The van der Waals surface area contributed by atoms with Crippen molar-refractivity contribution in [1.82, 2.24) is 4.72 Å². The van der Waals surface area contributed by atoms with E-state index in [9.17, 15) is 4.39 Å². The van der Waals surface area contributed by atoms with Crippen molar-refractivity contribution in [3.63, 3.8) is 0 Å². The van der Waals surface area contributed by atoms with E-state index < -0.39 is 0 Å². The van der Waals surface area contributed by atoms with Crippen molar-refractivity contribution >= 4 is 33.6 Å². The normalized spacial score (nSPS) is 20.3. The summed E-state index contributed by atoms with van der Waals surface area (Å²) in [4.78, 5) is 3.11. The first-order valence-electron chi connectivity index (χ1n) is 4.91. The van der Waals surface area contributed by atoms with Gasteiger partial charge in [-0.15, -0.1) is 0 Å². The minimum atomic E-state index is -0.131. The highest BCUT2D eigenvalue weighted by Crippen LogP contribution is 2.42. The lowest BCUT2D eigenvalue weighted by molar-refractivity contribution is 0.600. The summed E-state index contributed by atoms with van der Waals surface area (Å²) in [6.07, 6.45) is 2.36. The fraction of sp³-hybridized carbons (Fsp3) is 0.400. The van der Waals surface area contributed by atoms with E-state index in [0.717, 1.165) is 17.3 Å². The SMILES string of the molecule is Fc1c(Br)ccc2c1N(C1CC1)CNS2. The molecule has 1 saturated carbocycles. The highest BCUT2D eigenvalue weighted by Gasteiger charge is 2.34. The number of benzene rings is 1. The molecule has 0 aromatic heterocycles. The lowest BCUT2D eigenvalue weighted by atomic mass is 10.2. The van der Waals surface area contributed by atoms with Crippen molar-refractivity contribution in [3.05, 3.63) is 22.4 Å². The van der Waals surface area contributed by atoms with Gasteiger partial charge in [-0.3, -0.25) is 0 Å². The molecule has 2 aliphatic rings. The second-order valence-corrected chi connectivity index (χ2v) is 5.60. The van der Waals surface area contributed by atoms with Crippen LogP contribution in [0, 0.1) is 5.82 Å². The van der Waals surface area contributed by atoms with Crippen LogP contribution >= 0.6 is 27.9 Å². The largest absolute Gasteiger partial charge is 0.352 e. The molecule has 1 fully saturated rings. The van der Waals surface area contributed by atoms with Crippen molar-refractivity contribution in [2.45, 2.75) is 23.8 Å². The smallest absolute Gasteiger partial charge is 0.161 e. The molecule has 5 heteroatoms. The summed E-state index contributed by atoms with van der Waals surface area (Å²) < 4.78 is 17.8. The molecule has 2 nitrogen and oxygen atoms in total. The predicted octanol–water partition coefficient (Wildman–Crippen LogP) is 3.12. The molecule has 0 saturated heterocycles. The lowest BCUT2D eigenvalue weighted by Crippen LogP contribution is -2.37. The maximum Gasteiger partial charge on any atom is 0.161 e. The van der Waals surface area contributed by atoms with Crippen molar-refractivity contribution in [2.24, 2.45) is 0 Å². The molecule has 1 aromatic carbocycles. The van der Waals surface area contributed by atoms with Gasteiger partial charge in [0.1, 0.15) is 0 Å². The van der Waals surface area contributed by atoms with Gasteiger partial charge in [0.25, 0.3) is 0 Å². The van der Waals surface area contributed by atoms with Crippen LogP contribution in [-0.4, -0.2) is 12.7 Å². The molecular formula is C10H10BrFN2S. The number of hydrogen-bond acceptors (Lipinski definition) is 3. The first-order valence-corrected chi connectivity index (χ1v) is 6.52. The van der Waals surface area contributed by atoms with Gasteiger partial charge in [-0.1, -0.05) is 0 Å². The fourth-order valence-electron chi connectivity index (χ4n) is 1.83. The summed E-state index contributed by atoms with van der Waals surface area (Å²) in [5.41, 5.74) is 0.760. The van der Waals surface area contributed by atoms with Gasteiger partial charge in [0.05, 0.1) is 16.8 Å². The Bertz CT molecular complexity index is 409. The summed E-state index contributed by atoms with van der Waals surface area (Å²) in [5, 5.41) is 0. The Hall–Kier alpha value is -0.260. The number of nitrogens with one attached hydrogen (secondary N) is 1. The number of hydrogen-bond donors (Lipinski definition) is 1. The minimum absolute atomic E-state index is 0.131. The van der Waals surface area contributed by atoms with Crippen LogP contribution in [0.5, 0.6) is 0 Å². The molecule has 3 rings (SSSR count). The van der Waals surface area contributed by atoms with E-state index in [0.29, 0.717) is 10.5 Å². The first-order chi connectivity index (χ1) is 7.27. The number of rotatable bonds is 1. The van der Waals surface area contributed by atoms with Crippen LogP contribution in [-0.2, 0) is 0 Å². The second-order valence-electron chi connectivity index (χ2n) is 3.81. The molecule has 0 radical (unpaired) electrons. The number of halogens is 2. The van der Waals surface area contributed by atoms with Crippen LogP contribution in [0.2, 0.25) is 0 Å². The van der Waals surface area contributed by atoms with Crippen LogP contribution in [0.25, 0.3) is 0 Å². The van der Waals surface area contributed by atoms with Gasteiger partial charge in [-0.2, -0.15) is 0 Å². The molecule has 0 amide bonds. The van der Waals surface area contributed by atoms with Crippen LogP contribution in [0.3, 0.4) is 0 Å². The zero-order valence-corrected chi connectivity index (χ0v) is 10.4. The standard InChI is InChI=1S/C10H10BrFN2S/c11-7-3-4-8-10(9(7)12)14(5-13-15-8)6-1-2-6/h3-4,6,13H,1-2,5H2. The van der Waals surface area contributed by atoms with Gasteiger partial charge in [0, 0.05) is 10.9 Å². The first kappa shape index (κ1) is 9.93. The van der Waals surface area contributed by atoms with Gasteiger partial charge < -0.3 is 4.90 Å². The van der Waals surface area contributed by atoms with Gasteiger partial charge >= 0.3 is 0 Å². The summed E-state index contributed by atoms with van der Waals surface area (Å²) in [5.74, 6) is -0.131. The molecule has 1 N–H and O–H groups in total. The van der Waals surface area contributed by atoms with E-state index in [2.05, 4.69) is 25.6 Å². The third-order valence-electron chi connectivity index (χ3n) is 2.72. The molecular weight excluding hydrogens is 279 g/mol. The van der Waals surface area contributed by atoms with Gasteiger partial charge in [0.15, 0.2) is 5.82 Å². The van der Waals surface area contributed by atoms with E-state index in [1.165, 1.54) is 24.8 Å². The molecule has 15 heavy (non-hydrogen) atoms. The Morgan fingerprint density at radius 1 is 1.47 bits per heavy atom. The lowest BCUT2D eigenvalue weighted by Gasteiger charge is -2.31. The van der Waals surface area contributed by atoms with Crippen LogP contribution in [0.1, 0.15) is 12.8 Å². The quantitative estimate of drug-likeness (QED) is 0.800. The van der Waals surface area contributed by atoms with Crippen molar-refractivity contribution in [3.8, 4) is 0 Å². The van der Waals surface area contributed by atoms with Crippen molar-refractivity contribution < 1.29 is 4.39 Å². The fourth-order valence-corrected chi connectivity index (χ4v) is 2.95. The van der Waals surface area contributed by atoms with E-state index in [1.807, 2.05) is 6.07 Å². The topological polar surface area (TPSA) is 15.3 Å². The molecule has 1 aromatic rings. The van der Waals surface area contributed by atoms with Crippen molar-refractivity contribution in [1.29, 1.82) is 0 Å². The summed E-state index contributed by atoms with van der Waals surface area (Å²) >= 11 is 4.75. The minimum Gasteiger partial charge on any atom is -0.352 e. The van der Waals surface area contributed by atoms with Crippen LogP contribution in [0.4, 0.5) is 10.1 Å². The molecule has 0 spiro atoms. The zero-order chi connectivity index (χ0) is 10.4. The Kier molecular flexibility index (Phi) is 2.41. The Balaban J connectivity index is 2.10. The zero-order valence-electron chi connectivity index (χ0n) is 7.96. The molecule has 1 aliphatic carbocycles. The third kappa shape index (κ3) is 1.66. The Morgan fingerprint density at radius 3 is 3.00 bits per heavy atom. The maximum absolute atomic E-state index is 14.0. The van der Waals surface area contributed by atoms with Crippen molar-refractivity contribution in [2.75, 3.05) is 11.6 Å². The highest BCUT2D eigenvalue weighted by molar-refractivity contribution is 9.10. The Morgan fingerprint density at radius 2 is 2.27 bits per heavy atom. The molecule has 0 bridgehead atoms. The van der Waals surface area contributed by atoms with E-state index in [-0.39, 0.29) is 5.82 Å². The van der Waals surface area contributed by atoms with Gasteiger partial charge in [0.2, 0.25) is 0 Å². The van der Waals surface area contributed by atoms with Gasteiger partial charge in [-0.25, -0.2) is 9.11 Å². The molecule has 80 valence electrons. The monoisotopic (exact) mass is 288 g/mol. The van der Waals surface area contributed by atoms with Crippen LogP contribution in [0.15, 0.2) is 21.5 Å². The molecule has 0 unspecified atom stereocenters. The van der Waals surface area contributed by atoms with E-state index in [4.69, 9.17) is 0 Å². The summed E-state index contributed by atoms with van der Waals surface area (Å²) in [6, 6.07) is 4.24. The average molecular weight is 289 g/mol. The molecule has 0 atom stereocenters. The predicted molar refractivity (Wildman–Crippen MR) is 63.5 cm³/mol. The van der Waals surface area contributed by atoms with E-state index in [1.54, 1.807) is 6.07 Å². The molecule has 1 aliphatic heterocycles. The van der Waals surface area contributed by atoms with Crippen LogP contribution < -0.4 is 9.62 Å². The van der Waals surface area contributed by atoms with E-state index >= 15 is 0 Å². The second kappa shape index (κ2) is 3.64.